The monoisotopic (exact) mass is 581 g/mol. The standard InChI is InChI=1S/C22H26N2O3.C8H15N3O2.C2H6/c1-3-17(25)10-6-4-5-7-11-22-24-15-21(27-22)18-13-16-9-8-12-23-19(16)14-20(18)26-2;9-6(7(10)12)5-8(13)1-3-11-4-2-8;1-2/h8-9,12-15H,3-7,10-11H2,1-2H3;9,11,13H,1-5H2,(H2,10,12);1-2H3. The van der Waals surface area contributed by atoms with Gasteiger partial charge in [0.2, 0.25) is 0 Å². The maximum atomic E-state index is 11.3. The molecule has 0 unspecified atom stereocenters. The number of amides is 1. The number of aromatic nitrogens is 2. The summed E-state index contributed by atoms with van der Waals surface area (Å²) < 4.78 is 11.5. The second-order valence-corrected chi connectivity index (χ2v) is 10.2. The molecule has 230 valence electrons. The summed E-state index contributed by atoms with van der Waals surface area (Å²) in [5.41, 5.74) is 5.60. The summed E-state index contributed by atoms with van der Waals surface area (Å²) in [5.74, 6) is 1.78. The summed E-state index contributed by atoms with van der Waals surface area (Å²) in [6.45, 7) is 7.37. The van der Waals surface area contributed by atoms with Gasteiger partial charge in [0.05, 0.1) is 35.7 Å². The number of ketones is 1. The topological polar surface area (TPSA) is 164 Å². The number of oxazole rings is 1. The van der Waals surface area contributed by atoms with E-state index in [9.17, 15) is 14.7 Å². The molecule has 0 radical (unpaired) electrons. The van der Waals surface area contributed by atoms with Crippen LogP contribution < -0.4 is 15.8 Å². The number of pyridine rings is 1. The zero-order chi connectivity index (χ0) is 31.0. The molecule has 0 saturated carbocycles. The molecular weight excluding hydrogens is 534 g/mol. The zero-order valence-corrected chi connectivity index (χ0v) is 25.5. The number of nitrogens with two attached hydrogens (primary N) is 1. The van der Waals surface area contributed by atoms with E-state index >= 15 is 0 Å². The number of ether oxygens (including phenoxy) is 1. The van der Waals surface area contributed by atoms with Gasteiger partial charge in [-0.1, -0.05) is 39.7 Å². The van der Waals surface area contributed by atoms with Crippen LogP contribution in [0.1, 0.15) is 84.4 Å². The van der Waals surface area contributed by atoms with Gasteiger partial charge >= 0.3 is 0 Å². The number of nitrogens with one attached hydrogen (secondary N) is 2. The van der Waals surface area contributed by atoms with Crippen LogP contribution >= 0.6 is 0 Å². The Morgan fingerprint density at radius 2 is 1.86 bits per heavy atom. The number of aliphatic hydroxyl groups is 1. The number of hydrogen-bond donors (Lipinski definition) is 4. The highest BCUT2D eigenvalue weighted by molar-refractivity contribution is 6.37. The number of carbonyl (C=O) groups is 2. The number of carbonyl (C=O) groups excluding carboxylic acids is 2. The summed E-state index contributed by atoms with van der Waals surface area (Å²) in [6, 6.07) is 7.88. The summed E-state index contributed by atoms with van der Waals surface area (Å²) in [6.07, 6.45) is 11.1. The molecule has 1 aliphatic rings. The van der Waals surface area contributed by atoms with Gasteiger partial charge in [0, 0.05) is 43.3 Å². The second kappa shape index (κ2) is 18.0. The number of Topliss-reactive ketones (excluding diaryl/α,β-unsaturated/α-hetero) is 1. The quantitative estimate of drug-likeness (QED) is 0.154. The van der Waals surface area contributed by atoms with E-state index in [1.165, 1.54) is 0 Å². The van der Waals surface area contributed by atoms with Gasteiger partial charge in [-0.25, -0.2) is 4.98 Å². The summed E-state index contributed by atoms with van der Waals surface area (Å²) in [5, 5.41) is 21.3. The van der Waals surface area contributed by atoms with E-state index in [2.05, 4.69) is 15.3 Å². The van der Waals surface area contributed by atoms with Gasteiger partial charge < -0.3 is 25.3 Å². The van der Waals surface area contributed by atoms with Gasteiger partial charge in [-0.3, -0.25) is 20.0 Å². The van der Waals surface area contributed by atoms with Crippen molar-refractivity contribution < 1.29 is 23.8 Å². The Hall–Kier alpha value is -3.63. The average Bonchev–Trinajstić information content (AvgIpc) is 3.48. The maximum Gasteiger partial charge on any atom is 0.262 e. The number of fused-ring (bicyclic) bond motifs is 1. The van der Waals surface area contributed by atoms with Crippen molar-refractivity contribution in [2.24, 2.45) is 5.73 Å². The van der Waals surface area contributed by atoms with E-state index in [1.54, 1.807) is 19.5 Å². The van der Waals surface area contributed by atoms with E-state index in [0.29, 0.717) is 37.2 Å². The van der Waals surface area contributed by atoms with Gasteiger partial charge in [0.1, 0.15) is 11.5 Å². The SMILES string of the molecule is CC.CCC(=O)CCCCCCc1ncc(-c2cc3cccnc3cc2OC)o1.N=C(CC1(O)CCNCC1)C(N)=O. The van der Waals surface area contributed by atoms with Crippen molar-refractivity contribution in [1.29, 1.82) is 5.41 Å². The van der Waals surface area contributed by atoms with Crippen LogP contribution in [0.15, 0.2) is 41.1 Å². The Labute approximate surface area is 249 Å². The van der Waals surface area contributed by atoms with Crippen LogP contribution in [0, 0.1) is 5.41 Å². The zero-order valence-electron chi connectivity index (χ0n) is 25.5. The van der Waals surface area contributed by atoms with Crippen molar-refractivity contribution in [1.82, 2.24) is 15.3 Å². The number of aryl methyl sites for hydroxylation is 1. The van der Waals surface area contributed by atoms with Gasteiger partial charge in [-0.05, 0) is 50.9 Å². The first-order chi connectivity index (χ1) is 20.2. The van der Waals surface area contributed by atoms with Crippen LogP contribution in [0.25, 0.3) is 22.2 Å². The summed E-state index contributed by atoms with van der Waals surface area (Å²) in [4.78, 5) is 30.7. The molecule has 5 N–H and O–H groups in total. The number of unbranched alkanes of at least 4 members (excludes halogenated alkanes) is 3. The van der Waals surface area contributed by atoms with E-state index in [0.717, 1.165) is 73.3 Å². The molecule has 3 heterocycles. The first-order valence-corrected chi connectivity index (χ1v) is 14.9. The van der Waals surface area contributed by atoms with E-state index in [1.807, 2.05) is 45.0 Å². The molecule has 0 atom stereocenters. The van der Waals surface area contributed by atoms with Gasteiger partial charge in [-0.15, -0.1) is 0 Å². The second-order valence-electron chi connectivity index (χ2n) is 10.2. The number of methoxy groups -OCH3 is 1. The molecule has 0 spiro atoms. The molecule has 10 heteroatoms. The first-order valence-electron chi connectivity index (χ1n) is 14.9. The number of rotatable bonds is 13. The van der Waals surface area contributed by atoms with Crippen molar-refractivity contribution in [3.05, 3.63) is 42.5 Å². The molecule has 1 aliphatic heterocycles. The first kappa shape index (κ1) is 34.6. The third-order valence-electron chi connectivity index (χ3n) is 7.07. The Bertz CT molecular complexity index is 1280. The Balaban J connectivity index is 0.000000345. The predicted octanol–water partition coefficient (Wildman–Crippen LogP) is 5.39. The average molecular weight is 582 g/mol. The Morgan fingerprint density at radius 1 is 1.14 bits per heavy atom. The van der Waals surface area contributed by atoms with Crippen LogP contribution in [-0.2, 0) is 16.0 Å². The van der Waals surface area contributed by atoms with E-state index < -0.39 is 11.5 Å². The highest BCUT2D eigenvalue weighted by Gasteiger charge is 2.31. The van der Waals surface area contributed by atoms with E-state index in [4.69, 9.17) is 20.3 Å². The highest BCUT2D eigenvalue weighted by atomic mass is 16.5. The molecular formula is C32H47N5O5. The van der Waals surface area contributed by atoms with Crippen LogP contribution in [0.4, 0.5) is 0 Å². The summed E-state index contributed by atoms with van der Waals surface area (Å²) >= 11 is 0. The summed E-state index contributed by atoms with van der Waals surface area (Å²) in [7, 11) is 1.65. The molecule has 3 aromatic rings. The fraction of sp³-hybridized carbons (Fsp3) is 0.531. The molecule has 2 aromatic heterocycles. The minimum Gasteiger partial charge on any atom is -0.496 e. The van der Waals surface area contributed by atoms with Crippen molar-refractivity contribution >= 4 is 28.3 Å². The van der Waals surface area contributed by atoms with Crippen LogP contribution in [-0.4, -0.2) is 58.3 Å². The van der Waals surface area contributed by atoms with Crippen LogP contribution in [0.5, 0.6) is 5.75 Å². The smallest absolute Gasteiger partial charge is 0.262 e. The lowest BCUT2D eigenvalue weighted by atomic mass is 9.87. The molecule has 10 nitrogen and oxygen atoms in total. The van der Waals surface area contributed by atoms with E-state index in [-0.39, 0.29) is 12.1 Å². The van der Waals surface area contributed by atoms with Crippen molar-refractivity contribution in [2.45, 2.75) is 90.6 Å². The number of piperidine rings is 1. The maximum absolute atomic E-state index is 11.3. The fourth-order valence-corrected chi connectivity index (χ4v) is 4.63. The van der Waals surface area contributed by atoms with Crippen LogP contribution in [0.2, 0.25) is 0 Å². The van der Waals surface area contributed by atoms with Gasteiger partial charge in [-0.2, -0.15) is 0 Å². The molecule has 0 aliphatic carbocycles. The highest BCUT2D eigenvalue weighted by Crippen LogP contribution is 2.34. The third kappa shape index (κ3) is 11.0. The Morgan fingerprint density at radius 3 is 2.52 bits per heavy atom. The third-order valence-corrected chi connectivity index (χ3v) is 7.07. The molecule has 1 amide bonds. The molecule has 42 heavy (non-hydrogen) atoms. The lowest BCUT2D eigenvalue weighted by molar-refractivity contribution is -0.118. The molecule has 4 rings (SSSR count). The predicted molar refractivity (Wildman–Crippen MR) is 166 cm³/mol. The minimum atomic E-state index is -0.905. The molecule has 0 bridgehead atoms. The largest absolute Gasteiger partial charge is 0.496 e. The van der Waals surface area contributed by atoms with Crippen molar-refractivity contribution in [2.75, 3.05) is 20.2 Å². The fourth-order valence-electron chi connectivity index (χ4n) is 4.63. The van der Waals surface area contributed by atoms with Crippen LogP contribution in [0.3, 0.4) is 0 Å². The minimum absolute atomic E-state index is 0.0734. The number of hydrogen-bond acceptors (Lipinski definition) is 9. The lowest BCUT2D eigenvalue weighted by Gasteiger charge is -2.32. The molecule has 1 aromatic carbocycles. The number of primary amides is 1. The number of benzene rings is 1. The van der Waals surface area contributed by atoms with Crippen molar-refractivity contribution in [3.63, 3.8) is 0 Å². The van der Waals surface area contributed by atoms with Gasteiger partial charge in [0.15, 0.2) is 11.7 Å². The molecule has 1 fully saturated rings. The number of nitrogens with zero attached hydrogens (tertiary/aromatic N) is 2. The van der Waals surface area contributed by atoms with Crippen molar-refractivity contribution in [3.8, 4) is 17.1 Å². The van der Waals surface area contributed by atoms with Gasteiger partial charge in [0.25, 0.3) is 5.91 Å². The normalized spacial score (nSPS) is 13.7. The molecule has 1 saturated heterocycles. The lowest BCUT2D eigenvalue weighted by Crippen LogP contribution is -2.44. The Kier molecular flexibility index (Phi) is 14.8.